The summed E-state index contributed by atoms with van der Waals surface area (Å²) in [5, 5.41) is 18.9. The van der Waals surface area contributed by atoms with Gasteiger partial charge in [0.1, 0.15) is 5.75 Å². The lowest BCUT2D eigenvalue weighted by atomic mass is 10.2. The fraction of sp³-hybridized carbons (Fsp3) is 0.0588. The molecule has 4 heterocycles. The number of furan rings is 1. The Morgan fingerprint density at radius 2 is 1.92 bits per heavy atom. The molecule has 0 aliphatic rings. The molecule has 4 aromatic heterocycles. The van der Waals surface area contributed by atoms with E-state index >= 15 is 0 Å². The zero-order valence-corrected chi connectivity index (χ0v) is 13.4. The van der Waals surface area contributed by atoms with Crippen LogP contribution in [0.4, 0.5) is 5.95 Å². The van der Waals surface area contributed by atoms with E-state index in [9.17, 15) is 5.11 Å². The largest absolute Gasteiger partial charge is 0.508 e. The average Bonchev–Trinajstić information content (AvgIpc) is 3.36. The van der Waals surface area contributed by atoms with Crippen molar-refractivity contribution in [3.05, 3.63) is 54.4 Å². The monoisotopic (exact) mass is 347 g/mol. The Morgan fingerprint density at radius 1 is 1.08 bits per heavy atom. The highest BCUT2D eigenvalue weighted by Crippen LogP contribution is 2.24. The molecule has 0 aliphatic heterocycles. The predicted molar refractivity (Wildman–Crippen MR) is 93.4 cm³/mol. The molecule has 128 valence electrons. The first kappa shape index (κ1) is 14.5. The van der Waals surface area contributed by atoms with Gasteiger partial charge >= 0.3 is 0 Å². The van der Waals surface area contributed by atoms with E-state index in [-0.39, 0.29) is 11.7 Å². The maximum Gasteiger partial charge on any atom is 0.225 e. The number of hydrogen-bond acceptors (Lipinski definition) is 7. The molecule has 9 heteroatoms. The third-order valence-electron chi connectivity index (χ3n) is 4.11. The van der Waals surface area contributed by atoms with Crippen molar-refractivity contribution in [1.82, 2.24) is 29.4 Å². The molecule has 26 heavy (non-hydrogen) atoms. The average molecular weight is 347 g/mol. The van der Waals surface area contributed by atoms with Gasteiger partial charge < -0.3 is 15.3 Å². The van der Waals surface area contributed by atoms with E-state index in [1.54, 1.807) is 41.4 Å². The van der Waals surface area contributed by atoms with Gasteiger partial charge in [0.05, 0.1) is 24.4 Å². The first-order chi connectivity index (χ1) is 12.7. The van der Waals surface area contributed by atoms with Crippen LogP contribution in [0.15, 0.2) is 53.3 Å². The van der Waals surface area contributed by atoms with Crippen LogP contribution in [-0.4, -0.2) is 34.5 Å². The van der Waals surface area contributed by atoms with Crippen molar-refractivity contribution in [2.24, 2.45) is 0 Å². The number of aromatic nitrogens is 6. The van der Waals surface area contributed by atoms with Crippen LogP contribution in [0.5, 0.6) is 5.75 Å². The van der Waals surface area contributed by atoms with E-state index < -0.39 is 0 Å². The van der Waals surface area contributed by atoms with E-state index in [4.69, 9.17) is 10.2 Å². The van der Waals surface area contributed by atoms with Gasteiger partial charge in [-0.1, -0.05) is 12.1 Å². The summed E-state index contributed by atoms with van der Waals surface area (Å²) in [5.74, 6) is 1.42. The molecule has 0 unspecified atom stereocenters. The second kappa shape index (κ2) is 5.31. The number of benzene rings is 1. The SMILES string of the molecule is Nc1nc2c(cnn2Cc2ccc(O)cc2)c2nc(-c3ccco3)nn12. The van der Waals surface area contributed by atoms with Gasteiger partial charge in [0, 0.05) is 0 Å². The summed E-state index contributed by atoms with van der Waals surface area (Å²) in [7, 11) is 0. The number of hydrogen-bond donors (Lipinski definition) is 2. The molecule has 0 bridgehead atoms. The van der Waals surface area contributed by atoms with Gasteiger partial charge in [-0.05, 0) is 29.8 Å². The Morgan fingerprint density at radius 3 is 2.69 bits per heavy atom. The summed E-state index contributed by atoms with van der Waals surface area (Å²) >= 11 is 0. The molecule has 0 saturated carbocycles. The van der Waals surface area contributed by atoms with Crippen LogP contribution >= 0.6 is 0 Å². The van der Waals surface area contributed by atoms with Crippen LogP contribution < -0.4 is 5.73 Å². The highest BCUT2D eigenvalue weighted by molar-refractivity contribution is 5.90. The number of nitrogen functional groups attached to an aromatic ring is 1. The highest BCUT2D eigenvalue weighted by atomic mass is 16.3. The zero-order valence-electron chi connectivity index (χ0n) is 13.4. The Bertz CT molecular complexity index is 1220. The first-order valence-corrected chi connectivity index (χ1v) is 7.88. The van der Waals surface area contributed by atoms with Gasteiger partial charge in [-0.15, -0.1) is 5.10 Å². The third-order valence-corrected chi connectivity index (χ3v) is 4.11. The third kappa shape index (κ3) is 2.18. The van der Waals surface area contributed by atoms with Crippen LogP contribution in [0.2, 0.25) is 0 Å². The summed E-state index contributed by atoms with van der Waals surface area (Å²) in [5.41, 5.74) is 8.23. The standard InChI is InChI=1S/C17H13N7O2/c18-17-21-15-12(8-19-23(15)9-10-3-5-11(25)6-4-10)16-20-14(22-24(16)17)13-2-1-7-26-13/h1-8,25H,9H2,(H2,18,21). The lowest BCUT2D eigenvalue weighted by Gasteiger charge is -2.04. The molecule has 0 spiro atoms. The summed E-state index contributed by atoms with van der Waals surface area (Å²) in [4.78, 5) is 8.96. The molecule has 0 amide bonds. The van der Waals surface area contributed by atoms with Crippen molar-refractivity contribution in [2.45, 2.75) is 6.54 Å². The second-order valence-corrected chi connectivity index (χ2v) is 5.82. The summed E-state index contributed by atoms with van der Waals surface area (Å²) in [6, 6.07) is 10.5. The normalized spacial score (nSPS) is 11.5. The van der Waals surface area contributed by atoms with Crippen molar-refractivity contribution < 1.29 is 9.52 Å². The second-order valence-electron chi connectivity index (χ2n) is 5.82. The summed E-state index contributed by atoms with van der Waals surface area (Å²) < 4.78 is 8.57. The van der Waals surface area contributed by atoms with E-state index in [2.05, 4.69) is 20.2 Å². The minimum atomic E-state index is 0.213. The fourth-order valence-electron chi connectivity index (χ4n) is 2.86. The van der Waals surface area contributed by atoms with Gasteiger partial charge in [0.25, 0.3) is 0 Å². The number of aromatic hydroxyl groups is 1. The summed E-state index contributed by atoms with van der Waals surface area (Å²) in [6.07, 6.45) is 3.26. The molecule has 5 aromatic rings. The Kier molecular flexibility index (Phi) is 2.95. The number of rotatable bonds is 3. The minimum Gasteiger partial charge on any atom is -0.508 e. The number of anilines is 1. The molecule has 0 saturated heterocycles. The number of phenols is 1. The van der Waals surface area contributed by atoms with Gasteiger partial charge in [-0.3, -0.25) is 0 Å². The van der Waals surface area contributed by atoms with Gasteiger partial charge in [0.15, 0.2) is 17.1 Å². The molecule has 5 rings (SSSR count). The van der Waals surface area contributed by atoms with Crippen LogP contribution in [0.25, 0.3) is 28.3 Å². The molecule has 0 atom stereocenters. The van der Waals surface area contributed by atoms with Crippen molar-refractivity contribution in [3.8, 4) is 17.3 Å². The highest BCUT2D eigenvalue weighted by Gasteiger charge is 2.17. The summed E-state index contributed by atoms with van der Waals surface area (Å²) in [6.45, 7) is 0.492. The van der Waals surface area contributed by atoms with Crippen LogP contribution in [0.3, 0.4) is 0 Å². The van der Waals surface area contributed by atoms with Crippen LogP contribution in [0, 0.1) is 0 Å². The van der Waals surface area contributed by atoms with E-state index in [0.29, 0.717) is 29.4 Å². The van der Waals surface area contributed by atoms with Crippen molar-refractivity contribution in [3.63, 3.8) is 0 Å². The molecular weight excluding hydrogens is 334 g/mol. The lowest BCUT2D eigenvalue weighted by molar-refractivity contribution is 0.475. The topological polar surface area (TPSA) is 120 Å². The van der Waals surface area contributed by atoms with Crippen LogP contribution in [-0.2, 0) is 6.54 Å². The van der Waals surface area contributed by atoms with Crippen molar-refractivity contribution in [1.29, 1.82) is 0 Å². The minimum absolute atomic E-state index is 0.213. The molecule has 0 radical (unpaired) electrons. The number of phenolic OH excluding ortho intramolecular Hbond substituents is 1. The Labute approximate surface area is 146 Å². The van der Waals surface area contributed by atoms with Gasteiger partial charge in [-0.25, -0.2) is 9.67 Å². The number of nitrogens with two attached hydrogens (primary N) is 1. The smallest absolute Gasteiger partial charge is 0.225 e. The van der Waals surface area contributed by atoms with Crippen molar-refractivity contribution in [2.75, 3.05) is 5.73 Å². The molecule has 3 N–H and O–H groups in total. The molecule has 0 fully saturated rings. The Hall–Kier alpha value is -3.88. The Balaban J connectivity index is 1.65. The molecule has 9 nitrogen and oxygen atoms in total. The van der Waals surface area contributed by atoms with E-state index in [0.717, 1.165) is 10.9 Å². The van der Waals surface area contributed by atoms with Crippen LogP contribution in [0.1, 0.15) is 5.56 Å². The molecule has 1 aromatic carbocycles. The lowest BCUT2D eigenvalue weighted by Crippen LogP contribution is -2.06. The zero-order chi connectivity index (χ0) is 17.7. The predicted octanol–water partition coefficient (Wildman–Crippen LogP) is 2.07. The number of nitrogens with zero attached hydrogens (tertiary/aromatic N) is 6. The van der Waals surface area contributed by atoms with E-state index in [1.807, 2.05) is 12.1 Å². The first-order valence-electron chi connectivity index (χ1n) is 7.88. The van der Waals surface area contributed by atoms with Crippen molar-refractivity contribution >= 4 is 22.6 Å². The maximum atomic E-state index is 9.41. The fourth-order valence-corrected chi connectivity index (χ4v) is 2.86. The molecule has 0 aliphatic carbocycles. The van der Waals surface area contributed by atoms with Gasteiger partial charge in [-0.2, -0.15) is 14.6 Å². The molecular formula is C17H13N7O2. The quantitative estimate of drug-likeness (QED) is 0.512. The maximum absolute atomic E-state index is 9.41. The van der Waals surface area contributed by atoms with Gasteiger partial charge in [0.2, 0.25) is 11.8 Å². The number of fused-ring (bicyclic) bond motifs is 3. The van der Waals surface area contributed by atoms with E-state index in [1.165, 1.54) is 4.52 Å².